The number of piperazine rings is 1. The Kier molecular flexibility index (Phi) is 4.98. The molecule has 2 rings (SSSR count). The van der Waals surface area contributed by atoms with Gasteiger partial charge in [0, 0.05) is 39.6 Å². The fraction of sp³-hybridized carbons (Fsp3) is 0.533. The summed E-state index contributed by atoms with van der Waals surface area (Å²) in [6, 6.07) is 7.48. The van der Waals surface area contributed by atoms with Crippen LogP contribution in [0.2, 0.25) is 0 Å². The van der Waals surface area contributed by atoms with Crippen molar-refractivity contribution in [2.45, 2.75) is 13.0 Å². The van der Waals surface area contributed by atoms with E-state index in [1.807, 2.05) is 29.2 Å². The van der Waals surface area contributed by atoms with Gasteiger partial charge in [0.1, 0.15) is 5.75 Å². The monoisotopic (exact) mass is 278 g/mol. The average Bonchev–Trinajstić information content (AvgIpc) is 2.48. The van der Waals surface area contributed by atoms with Crippen LogP contribution >= 0.6 is 0 Å². The highest BCUT2D eigenvalue weighted by Gasteiger charge is 2.20. The molecule has 1 amide bonds. The number of nitrogens with zero attached hydrogens (tertiary/aromatic N) is 2. The van der Waals surface area contributed by atoms with Crippen LogP contribution in [0.25, 0.3) is 0 Å². The lowest BCUT2D eigenvalue weighted by Crippen LogP contribution is -2.48. The molecule has 0 bridgehead atoms. The van der Waals surface area contributed by atoms with Crippen LogP contribution in [-0.2, 0) is 4.79 Å². The summed E-state index contributed by atoms with van der Waals surface area (Å²) >= 11 is 0. The van der Waals surface area contributed by atoms with Crippen molar-refractivity contribution in [3.8, 4) is 5.75 Å². The molecule has 1 fully saturated rings. The van der Waals surface area contributed by atoms with E-state index in [-0.39, 0.29) is 5.91 Å². The van der Waals surface area contributed by atoms with E-state index in [4.69, 9.17) is 4.74 Å². The van der Waals surface area contributed by atoms with Gasteiger partial charge in [0.25, 0.3) is 0 Å². The zero-order valence-corrected chi connectivity index (χ0v) is 12.1. The summed E-state index contributed by atoms with van der Waals surface area (Å²) in [5.41, 5.74) is 0.889. The van der Waals surface area contributed by atoms with Crippen molar-refractivity contribution in [2.24, 2.45) is 0 Å². The zero-order valence-electron chi connectivity index (χ0n) is 12.1. The van der Waals surface area contributed by atoms with Gasteiger partial charge in [-0.15, -0.1) is 0 Å². The number of β-amino-alcohol motifs (C(OH)–C–C–N with tert-alkyl or cyclic N) is 1. The van der Waals surface area contributed by atoms with E-state index in [2.05, 4.69) is 4.90 Å². The molecule has 1 N–H and O–H groups in total. The van der Waals surface area contributed by atoms with E-state index in [1.54, 1.807) is 14.0 Å². The van der Waals surface area contributed by atoms with Gasteiger partial charge in [0.05, 0.1) is 13.2 Å². The van der Waals surface area contributed by atoms with Gasteiger partial charge in [-0.3, -0.25) is 9.69 Å². The number of ether oxygens (including phenoxy) is 1. The summed E-state index contributed by atoms with van der Waals surface area (Å²) in [6.07, 6.45) is -0.509. The minimum absolute atomic E-state index is 0.125. The predicted molar refractivity (Wildman–Crippen MR) is 76.6 cm³/mol. The highest BCUT2D eigenvalue weighted by atomic mass is 16.5. The van der Waals surface area contributed by atoms with Crippen molar-refractivity contribution in [1.29, 1.82) is 0 Å². The Labute approximate surface area is 119 Å². The van der Waals surface area contributed by atoms with Crippen LogP contribution in [0, 0.1) is 0 Å². The number of hydrogen-bond acceptors (Lipinski definition) is 4. The maximum absolute atomic E-state index is 11.3. The standard InChI is InChI=1S/C15H22N2O3/c1-12(18)17-9-7-16(8-10-17)11-15(19)13-3-5-14(20-2)6-4-13/h3-6,15,19H,7-11H2,1-2H3. The van der Waals surface area contributed by atoms with Gasteiger partial charge in [-0.25, -0.2) is 0 Å². The second-order valence-electron chi connectivity index (χ2n) is 5.10. The number of methoxy groups -OCH3 is 1. The minimum atomic E-state index is -0.509. The molecule has 1 aliphatic rings. The number of benzene rings is 1. The van der Waals surface area contributed by atoms with E-state index in [0.717, 1.165) is 37.5 Å². The fourth-order valence-electron chi connectivity index (χ4n) is 2.42. The lowest BCUT2D eigenvalue weighted by Gasteiger charge is -2.35. The highest BCUT2D eigenvalue weighted by Crippen LogP contribution is 2.19. The molecular formula is C15H22N2O3. The summed E-state index contributed by atoms with van der Waals surface area (Å²) < 4.78 is 5.10. The Morgan fingerprint density at radius 3 is 2.35 bits per heavy atom. The van der Waals surface area contributed by atoms with Gasteiger partial charge < -0.3 is 14.7 Å². The summed E-state index contributed by atoms with van der Waals surface area (Å²) in [7, 11) is 1.62. The topological polar surface area (TPSA) is 53.0 Å². The van der Waals surface area contributed by atoms with Crippen LogP contribution in [0.1, 0.15) is 18.6 Å². The Hall–Kier alpha value is -1.59. The van der Waals surface area contributed by atoms with Gasteiger partial charge >= 0.3 is 0 Å². The van der Waals surface area contributed by atoms with E-state index in [1.165, 1.54) is 0 Å². The summed E-state index contributed by atoms with van der Waals surface area (Å²) in [5, 5.41) is 10.2. The van der Waals surface area contributed by atoms with Gasteiger partial charge in [0.2, 0.25) is 5.91 Å². The van der Waals surface area contributed by atoms with Crippen LogP contribution < -0.4 is 4.74 Å². The Morgan fingerprint density at radius 1 is 1.25 bits per heavy atom. The fourth-order valence-corrected chi connectivity index (χ4v) is 2.42. The number of rotatable bonds is 4. The Bertz CT molecular complexity index is 439. The first-order valence-corrected chi connectivity index (χ1v) is 6.90. The molecule has 20 heavy (non-hydrogen) atoms. The first-order chi connectivity index (χ1) is 9.60. The number of hydrogen-bond donors (Lipinski definition) is 1. The van der Waals surface area contributed by atoms with E-state index >= 15 is 0 Å². The second-order valence-corrected chi connectivity index (χ2v) is 5.10. The summed E-state index contributed by atoms with van der Waals surface area (Å²) in [6.45, 7) is 5.30. The molecule has 0 aliphatic carbocycles. The lowest BCUT2D eigenvalue weighted by atomic mass is 10.1. The van der Waals surface area contributed by atoms with Gasteiger partial charge in [-0.2, -0.15) is 0 Å². The first kappa shape index (κ1) is 14.8. The number of aliphatic hydroxyl groups excluding tert-OH is 1. The van der Waals surface area contributed by atoms with Crippen molar-refractivity contribution < 1.29 is 14.6 Å². The minimum Gasteiger partial charge on any atom is -0.497 e. The van der Waals surface area contributed by atoms with Crippen LogP contribution in [0.3, 0.4) is 0 Å². The van der Waals surface area contributed by atoms with Crippen LogP contribution in [0.15, 0.2) is 24.3 Å². The lowest BCUT2D eigenvalue weighted by molar-refractivity contribution is -0.130. The third kappa shape index (κ3) is 3.71. The molecule has 0 aromatic heterocycles. The normalized spacial score (nSPS) is 17.9. The second kappa shape index (κ2) is 6.72. The maximum atomic E-state index is 11.3. The zero-order chi connectivity index (χ0) is 14.5. The molecule has 0 spiro atoms. The molecular weight excluding hydrogens is 256 g/mol. The molecule has 1 heterocycles. The molecule has 1 unspecified atom stereocenters. The molecule has 1 aromatic rings. The molecule has 0 saturated carbocycles. The smallest absolute Gasteiger partial charge is 0.219 e. The average molecular weight is 278 g/mol. The molecule has 1 aliphatic heterocycles. The third-order valence-corrected chi connectivity index (χ3v) is 3.75. The summed E-state index contributed by atoms with van der Waals surface area (Å²) in [4.78, 5) is 15.3. The van der Waals surface area contributed by atoms with Gasteiger partial charge in [-0.05, 0) is 17.7 Å². The molecule has 5 heteroatoms. The summed E-state index contributed by atoms with van der Waals surface area (Å²) in [5.74, 6) is 0.913. The largest absolute Gasteiger partial charge is 0.497 e. The van der Waals surface area contributed by atoms with Crippen LogP contribution in [-0.4, -0.2) is 60.6 Å². The predicted octanol–water partition coefficient (Wildman–Crippen LogP) is 0.893. The molecule has 110 valence electrons. The van der Waals surface area contributed by atoms with Crippen LogP contribution in [0.5, 0.6) is 5.75 Å². The molecule has 5 nitrogen and oxygen atoms in total. The number of amides is 1. The molecule has 1 atom stereocenters. The first-order valence-electron chi connectivity index (χ1n) is 6.90. The number of aliphatic hydroxyl groups is 1. The number of carbonyl (C=O) groups excluding carboxylic acids is 1. The quantitative estimate of drug-likeness (QED) is 0.889. The van der Waals surface area contributed by atoms with Crippen molar-refractivity contribution in [1.82, 2.24) is 9.80 Å². The third-order valence-electron chi connectivity index (χ3n) is 3.75. The SMILES string of the molecule is COc1ccc(C(O)CN2CCN(C(C)=O)CC2)cc1. The Morgan fingerprint density at radius 2 is 1.85 bits per heavy atom. The van der Waals surface area contributed by atoms with E-state index in [9.17, 15) is 9.90 Å². The van der Waals surface area contributed by atoms with Gasteiger partial charge in [0.15, 0.2) is 0 Å². The van der Waals surface area contributed by atoms with Crippen molar-refractivity contribution in [3.63, 3.8) is 0 Å². The van der Waals surface area contributed by atoms with Crippen molar-refractivity contribution in [3.05, 3.63) is 29.8 Å². The number of carbonyl (C=O) groups is 1. The molecule has 1 saturated heterocycles. The van der Waals surface area contributed by atoms with E-state index < -0.39 is 6.10 Å². The van der Waals surface area contributed by atoms with Gasteiger partial charge in [-0.1, -0.05) is 12.1 Å². The van der Waals surface area contributed by atoms with Crippen LogP contribution in [0.4, 0.5) is 0 Å². The Balaban J connectivity index is 1.85. The molecule has 1 aromatic carbocycles. The highest BCUT2D eigenvalue weighted by molar-refractivity contribution is 5.73. The van der Waals surface area contributed by atoms with Crippen molar-refractivity contribution in [2.75, 3.05) is 39.8 Å². The molecule has 0 radical (unpaired) electrons. The maximum Gasteiger partial charge on any atom is 0.219 e. The van der Waals surface area contributed by atoms with Crippen molar-refractivity contribution >= 4 is 5.91 Å². The van der Waals surface area contributed by atoms with E-state index in [0.29, 0.717) is 6.54 Å².